The first-order valence-electron chi connectivity index (χ1n) is 14.6. The van der Waals surface area contributed by atoms with Crippen LogP contribution >= 0.6 is 0 Å². The molecule has 4 aliphatic rings. The Morgan fingerprint density at radius 1 is 1.16 bits per heavy atom. The topological polar surface area (TPSA) is 73.8 Å². The smallest absolute Gasteiger partial charge is 0.113 e. The summed E-state index contributed by atoms with van der Waals surface area (Å²) in [6, 6.07) is 2.13. The summed E-state index contributed by atoms with van der Waals surface area (Å²) in [5.74, 6) is 2.51. The minimum Gasteiger partial charge on any atom is -0.468 e. The molecule has 7 atom stereocenters. The maximum absolute atomic E-state index is 11.2. The summed E-state index contributed by atoms with van der Waals surface area (Å²) in [5, 5.41) is 31.5. The van der Waals surface area contributed by atoms with Gasteiger partial charge < -0.3 is 19.7 Å². The Bertz CT molecular complexity index is 1090. The Morgan fingerprint density at radius 2 is 1.95 bits per heavy atom. The van der Waals surface area contributed by atoms with Gasteiger partial charge in [-0.3, -0.25) is 0 Å². The van der Waals surface area contributed by atoms with E-state index >= 15 is 0 Å². The molecule has 202 valence electrons. The van der Waals surface area contributed by atoms with E-state index < -0.39 is 18.3 Å². The van der Waals surface area contributed by atoms with Crippen molar-refractivity contribution in [2.24, 2.45) is 23.2 Å². The van der Waals surface area contributed by atoms with Gasteiger partial charge in [-0.05, 0) is 104 Å². The Morgan fingerprint density at radius 3 is 2.65 bits per heavy atom. The summed E-state index contributed by atoms with van der Waals surface area (Å²) in [4.78, 5) is 0. The normalized spacial score (nSPS) is 37.3. The molecule has 0 radical (unpaired) electrons. The van der Waals surface area contributed by atoms with E-state index in [1.54, 1.807) is 0 Å². The summed E-state index contributed by atoms with van der Waals surface area (Å²) in [6.45, 7) is 11.0. The first-order valence-corrected chi connectivity index (χ1v) is 14.6. The van der Waals surface area contributed by atoms with Gasteiger partial charge in [0.25, 0.3) is 0 Å². The Labute approximate surface area is 222 Å². The Kier molecular flexibility index (Phi) is 7.48. The summed E-state index contributed by atoms with van der Waals surface area (Å²) in [7, 11) is 0. The fourth-order valence-corrected chi connectivity index (χ4v) is 7.85. The summed E-state index contributed by atoms with van der Waals surface area (Å²) in [5.41, 5.74) is 4.49. The van der Waals surface area contributed by atoms with Crippen molar-refractivity contribution < 1.29 is 19.7 Å². The van der Waals surface area contributed by atoms with Crippen molar-refractivity contribution in [1.29, 1.82) is 0 Å². The summed E-state index contributed by atoms with van der Waals surface area (Å²) >= 11 is 0. The molecular weight excluding hydrogens is 460 g/mol. The monoisotopic (exact) mass is 506 g/mol. The number of rotatable bonds is 7. The van der Waals surface area contributed by atoms with Crippen molar-refractivity contribution in [2.45, 2.75) is 109 Å². The van der Waals surface area contributed by atoms with Crippen molar-refractivity contribution in [1.82, 2.24) is 0 Å². The van der Waals surface area contributed by atoms with E-state index in [-0.39, 0.29) is 10.8 Å². The van der Waals surface area contributed by atoms with E-state index in [4.69, 9.17) is 4.42 Å². The van der Waals surface area contributed by atoms with E-state index in [0.717, 1.165) is 42.6 Å². The number of hydrogen-bond acceptors (Lipinski definition) is 4. The molecule has 0 aliphatic heterocycles. The average Bonchev–Trinajstić information content (AvgIpc) is 3.39. The fourth-order valence-electron chi connectivity index (χ4n) is 7.85. The number of hydrogen-bond donors (Lipinski definition) is 3. The second kappa shape index (κ2) is 10.4. The first-order chi connectivity index (χ1) is 17.7. The third-order valence-corrected chi connectivity index (χ3v) is 10.4. The van der Waals surface area contributed by atoms with Crippen LogP contribution in [0.4, 0.5) is 0 Å². The molecule has 0 saturated heterocycles. The van der Waals surface area contributed by atoms with Crippen LogP contribution in [0.3, 0.4) is 0 Å². The van der Waals surface area contributed by atoms with Crippen molar-refractivity contribution in [2.75, 3.05) is 0 Å². The number of aliphatic hydroxyl groups excluding tert-OH is 3. The van der Waals surface area contributed by atoms with Crippen LogP contribution in [-0.2, 0) is 11.8 Å². The minimum atomic E-state index is -0.639. The lowest BCUT2D eigenvalue weighted by Gasteiger charge is -2.44. The van der Waals surface area contributed by atoms with Gasteiger partial charge in [0, 0.05) is 6.42 Å². The van der Waals surface area contributed by atoms with Crippen LogP contribution in [0.1, 0.15) is 89.9 Å². The van der Waals surface area contributed by atoms with Crippen LogP contribution < -0.4 is 0 Å². The number of fused-ring (bicyclic) bond motifs is 1. The third kappa shape index (κ3) is 4.97. The molecule has 4 aliphatic carbocycles. The zero-order valence-electron chi connectivity index (χ0n) is 23.0. The van der Waals surface area contributed by atoms with Crippen LogP contribution in [0, 0.1) is 23.2 Å². The molecule has 3 N–H and O–H groups in total. The van der Waals surface area contributed by atoms with Gasteiger partial charge in [-0.15, -0.1) is 0 Å². The molecule has 1 heterocycles. The molecule has 0 bridgehead atoms. The molecule has 4 saturated carbocycles. The molecule has 1 aromatic heterocycles. The van der Waals surface area contributed by atoms with Crippen LogP contribution in [0.15, 0.2) is 64.3 Å². The maximum Gasteiger partial charge on any atom is 0.113 e. The van der Waals surface area contributed by atoms with Crippen LogP contribution in [0.2, 0.25) is 0 Å². The van der Waals surface area contributed by atoms with Gasteiger partial charge in [0.2, 0.25) is 0 Å². The van der Waals surface area contributed by atoms with Gasteiger partial charge in [0.05, 0.1) is 30.0 Å². The standard InChI is InChI=1S/C33H46O4/c1-5-23-17-31(37-20-23)33(15-16-33)30(36)13-8-21(2)27-11-12-28-24(7-6-14-32(27,28)4)9-10-25-18-26(34)19-29(35)22(25)3/h8-10,13,17,20-21,26-30,34-36H,3,5-7,11-12,14-16,18-19H2,1-2,4H3/b13-8+,24-9+,25-10-/t21-,26-,27-,28+,29+,30-,32-/m1/s1. The molecular formula is C33H46O4. The summed E-state index contributed by atoms with van der Waals surface area (Å²) in [6.07, 6.45) is 18.8. The van der Waals surface area contributed by atoms with E-state index in [1.165, 1.54) is 36.8 Å². The zero-order valence-corrected chi connectivity index (χ0v) is 23.0. The molecule has 5 rings (SSSR count). The highest BCUT2D eigenvalue weighted by Gasteiger charge is 2.53. The highest BCUT2D eigenvalue weighted by molar-refractivity contribution is 5.39. The third-order valence-electron chi connectivity index (χ3n) is 10.4. The first kappa shape index (κ1) is 26.7. The van der Waals surface area contributed by atoms with Crippen molar-refractivity contribution >= 4 is 0 Å². The van der Waals surface area contributed by atoms with Gasteiger partial charge in [-0.25, -0.2) is 0 Å². The second-order valence-electron chi connectivity index (χ2n) is 12.7. The highest BCUT2D eigenvalue weighted by Crippen LogP contribution is 2.60. The number of allylic oxidation sites excluding steroid dienone is 4. The predicted molar refractivity (Wildman–Crippen MR) is 148 cm³/mol. The highest BCUT2D eigenvalue weighted by atomic mass is 16.3. The van der Waals surface area contributed by atoms with Crippen LogP contribution in [-0.4, -0.2) is 33.6 Å². The summed E-state index contributed by atoms with van der Waals surface area (Å²) < 4.78 is 5.86. The van der Waals surface area contributed by atoms with Crippen molar-refractivity contribution in [3.63, 3.8) is 0 Å². The number of aliphatic hydroxyl groups is 3. The van der Waals surface area contributed by atoms with Gasteiger partial charge >= 0.3 is 0 Å². The van der Waals surface area contributed by atoms with Crippen molar-refractivity contribution in [3.05, 3.63) is 71.3 Å². The van der Waals surface area contributed by atoms with E-state index in [1.807, 2.05) is 6.26 Å². The lowest BCUT2D eigenvalue weighted by molar-refractivity contribution is 0.0862. The van der Waals surface area contributed by atoms with E-state index in [0.29, 0.717) is 30.6 Å². The lowest BCUT2D eigenvalue weighted by atomic mass is 9.61. The molecule has 4 heteroatoms. The molecule has 0 amide bonds. The molecule has 0 unspecified atom stereocenters. The van der Waals surface area contributed by atoms with Gasteiger partial charge in [0.15, 0.2) is 0 Å². The van der Waals surface area contributed by atoms with E-state index in [2.05, 4.69) is 57.7 Å². The zero-order chi connectivity index (χ0) is 26.4. The largest absolute Gasteiger partial charge is 0.468 e. The van der Waals surface area contributed by atoms with Gasteiger partial charge in [-0.2, -0.15) is 0 Å². The Balaban J connectivity index is 1.28. The van der Waals surface area contributed by atoms with Gasteiger partial charge in [0.1, 0.15) is 5.76 Å². The SMILES string of the molecule is C=C1/C(=C\C=C2/CCC[C@]3(C)[C@@H]([C@H](C)/C=C/[C@@H](O)C4(c5cc(CC)co5)CC4)CC[C@@H]23)C[C@@H](O)C[C@@H]1O. The minimum absolute atomic E-state index is 0.232. The number of furan rings is 1. The van der Waals surface area contributed by atoms with E-state index in [9.17, 15) is 15.3 Å². The molecule has 0 aromatic carbocycles. The molecule has 0 spiro atoms. The van der Waals surface area contributed by atoms with Crippen LogP contribution in [0.25, 0.3) is 0 Å². The van der Waals surface area contributed by atoms with Crippen LogP contribution in [0.5, 0.6) is 0 Å². The Hall–Kier alpha value is -1.88. The molecule has 4 nitrogen and oxygen atoms in total. The second-order valence-corrected chi connectivity index (χ2v) is 12.7. The number of aryl methyl sites for hydroxylation is 1. The molecule has 1 aromatic rings. The quantitative estimate of drug-likeness (QED) is 0.366. The molecule has 37 heavy (non-hydrogen) atoms. The maximum atomic E-state index is 11.2. The molecule has 4 fully saturated rings. The van der Waals surface area contributed by atoms with Crippen molar-refractivity contribution in [3.8, 4) is 0 Å². The lowest BCUT2D eigenvalue weighted by Crippen LogP contribution is -2.35. The predicted octanol–water partition coefficient (Wildman–Crippen LogP) is 6.57. The fraction of sp³-hybridized carbons (Fsp3) is 0.636. The average molecular weight is 507 g/mol. The van der Waals surface area contributed by atoms with Gasteiger partial charge in [-0.1, -0.05) is 57.2 Å².